The summed E-state index contributed by atoms with van der Waals surface area (Å²) >= 11 is 0. The average molecular weight is 377 g/mol. The van der Waals surface area contributed by atoms with Gasteiger partial charge in [0.15, 0.2) is 18.1 Å². The van der Waals surface area contributed by atoms with E-state index in [0.717, 1.165) is 4.57 Å². The van der Waals surface area contributed by atoms with E-state index >= 15 is 0 Å². The lowest BCUT2D eigenvalue weighted by Crippen LogP contribution is -2.35. The van der Waals surface area contributed by atoms with Crippen molar-refractivity contribution in [2.45, 2.75) is 6.92 Å². The molecule has 0 saturated carbocycles. The second-order valence-electron chi connectivity index (χ2n) is 5.38. The molecule has 0 unspecified atom stereocenters. The number of esters is 1. The van der Waals surface area contributed by atoms with Gasteiger partial charge >= 0.3 is 11.7 Å². The Morgan fingerprint density at radius 1 is 1.22 bits per heavy atom. The highest BCUT2D eigenvalue weighted by molar-refractivity contribution is 6.02. The molecule has 0 aliphatic rings. The van der Waals surface area contributed by atoms with Crippen molar-refractivity contribution >= 4 is 17.6 Å². The number of H-pyrrole nitrogens is 1. The number of methoxy groups -OCH3 is 1. The number of nitrogens with one attached hydrogen (secondary N) is 1. The standard InChI is InChI=1S/C17H19N3O7/c1-4-26-11-6-5-9(7-12(11)25-3)16(23)27-8-10(21)13-14(18)20(2)17(24)19-15(13)22/h5-7H,4,8,18H2,1-3H3,(H,19,22,24). The number of ether oxygens (including phenoxy) is 3. The number of ketones is 1. The molecule has 0 amide bonds. The summed E-state index contributed by atoms with van der Waals surface area (Å²) in [5.74, 6) is -1.17. The number of nitrogens with two attached hydrogens (primary N) is 1. The Labute approximate surface area is 153 Å². The van der Waals surface area contributed by atoms with E-state index in [-0.39, 0.29) is 11.4 Å². The molecule has 2 rings (SSSR count). The van der Waals surface area contributed by atoms with Gasteiger partial charge in [0.1, 0.15) is 11.4 Å². The van der Waals surface area contributed by atoms with Crippen LogP contribution in [0.2, 0.25) is 0 Å². The van der Waals surface area contributed by atoms with Crippen LogP contribution in [0.15, 0.2) is 27.8 Å². The minimum atomic E-state index is -0.945. The summed E-state index contributed by atoms with van der Waals surface area (Å²) in [6.45, 7) is 1.50. The van der Waals surface area contributed by atoms with Gasteiger partial charge in [0.2, 0.25) is 5.78 Å². The van der Waals surface area contributed by atoms with Gasteiger partial charge in [0.05, 0.1) is 19.3 Å². The zero-order valence-electron chi connectivity index (χ0n) is 15.0. The maximum Gasteiger partial charge on any atom is 0.338 e. The first kappa shape index (κ1) is 19.8. The molecule has 2 aromatic rings. The molecule has 0 aliphatic heterocycles. The van der Waals surface area contributed by atoms with Crippen LogP contribution >= 0.6 is 0 Å². The molecule has 0 bridgehead atoms. The number of benzene rings is 1. The van der Waals surface area contributed by atoms with E-state index in [1.165, 1.54) is 32.4 Å². The fraction of sp³-hybridized carbons (Fsp3) is 0.294. The van der Waals surface area contributed by atoms with Gasteiger partial charge in [-0.2, -0.15) is 0 Å². The molecule has 1 aromatic heterocycles. The van der Waals surface area contributed by atoms with Gasteiger partial charge in [-0.1, -0.05) is 0 Å². The van der Waals surface area contributed by atoms with Crippen LogP contribution in [0.5, 0.6) is 11.5 Å². The van der Waals surface area contributed by atoms with Gasteiger partial charge in [-0.15, -0.1) is 0 Å². The molecule has 3 N–H and O–H groups in total. The predicted octanol–water partition coefficient (Wildman–Crippen LogP) is 0.103. The third-order valence-corrected chi connectivity index (χ3v) is 3.68. The Morgan fingerprint density at radius 3 is 2.56 bits per heavy atom. The van der Waals surface area contributed by atoms with Crippen molar-refractivity contribution in [3.05, 3.63) is 50.2 Å². The number of hydrogen-bond acceptors (Lipinski definition) is 8. The molecule has 10 heteroatoms. The highest BCUT2D eigenvalue weighted by atomic mass is 16.5. The van der Waals surface area contributed by atoms with Crippen molar-refractivity contribution in [2.24, 2.45) is 7.05 Å². The molecular weight excluding hydrogens is 358 g/mol. The number of nitrogen functional groups attached to an aromatic ring is 1. The predicted molar refractivity (Wildman–Crippen MR) is 95.5 cm³/mol. The monoisotopic (exact) mass is 377 g/mol. The van der Waals surface area contributed by atoms with Gasteiger partial charge in [0, 0.05) is 7.05 Å². The van der Waals surface area contributed by atoms with E-state index in [2.05, 4.69) is 0 Å². The van der Waals surface area contributed by atoms with E-state index in [9.17, 15) is 19.2 Å². The third-order valence-electron chi connectivity index (χ3n) is 3.68. The Bertz CT molecular complexity index is 991. The molecule has 0 aliphatic carbocycles. The molecule has 0 saturated heterocycles. The number of hydrogen-bond donors (Lipinski definition) is 2. The average Bonchev–Trinajstić information content (AvgIpc) is 2.64. The SMILES string of the molecule is CCOc1ccc(C(=O)OCC(=O)c2c(N)n(C)c(=O)[nH]c2=O)cc1OC. The Balaban J connectivity index is 2.17. The van der Waals surface area contributed by atoms with Gasteiger partial charge in [0.25, 0.3) is 5.56 Å². The van der Waals surface area contributed by atoms with Crippen molar-refractivity contribution in [1.82, 2.24) is 9.55 Å². The zero-order chi connectivity index (χ0) is 20.1. The lowest BCUT2D eigenvalue weighted by molar-refractivity contribution is 0.0474. The summed E-state index contributed by atoms with van der Waals surface area (Å²) in [6.07, 6.45) is 0. The molecule has 0 atom stereocenters. The highest BCUT2D eigenvalue weighted by Gasteiger charge is 2.20. The molecule has 0 fully saturated rings. The number of carbonyl (C=O) groups is 2. The van der Waals surface area contributed by atoms with E-state index < -0.39 is 35.2 Å². The summed E-state index contributed by atoms with van der Waals surface area (Å²) in [4.78, 5) is 49.6. The maximum absolute atomic E-state index is 12.2. The van der Waals surface area contributed by atoms with Gasteiger partial charge in [-0.3, -0.25) is 19.1 Å². The van der Waals surface area contributed by atoms with Crippen LogP contribution in [0, 0.1) is 0 Å². The molecule has 0 radical (unpaired) electrons. The molecule has 0 spiro atoms. The van der Waals surface area contributed by atoms with Gasteiger partial charge < -0.3 is 19.9 Å². The molecule has 10 nitrogen and oxygen atoms in total. The van der Waals surface area contributed by atoms with Crippen LogP contribution in [0.1, 0.15) is 27.6 Å². The number of carbonyl (C=O) groups excluding carboxylic acids is 2. The summed E-state index contributed by atoms with van der Waals surface area (Å²) in [5, 5.41) is 0. The summed E-state index contributed by atoms with van der Waals surface area (Å²) in [7, 11) is 2.72. The van der Waals surface area contributed by atoms with E-state index in [1.54, 1.807) is 6.92 Å². The van der Waals surface area contributed by atoms with Crippen LogP contribution in [0.25, 0.3) is 0 Å². The number of aromatic nitrogens is 2. The smallest absolute Gasteiger partial charge is 0.338 e. The number of aromatic amines is 1. The van der Waals surface area contributed by atoms with E-state index in [4.69, 9.17) is 19.9 Å². The largest absolute Gasteiger partial charge is 0.493 e. The van der Waals surface area contributed by atoms with E-state index in [1.807, 2.05) is 4.98 Å². The highest BCUT2D eigenvalue weighted by Crippen LogP contribution is 2.28. The minimum Gasteiger partial charge on any atom is -0.493 e. The zero-order valence-corrected chi connectivity index (χ0v) is 15.0. The van der Waals surface area contributed by atoms with Crippen molar-refractivity contribution < 1.29 is 23.8 Å². The van der Waals surface area contributed by atoms with Crippen molar-refractivity contribution in [2.75, 3.05) is 26.1 Å². The van der Waals surface area contributed by atoms with Crippen molar-refractivity contribution in [1.29, 1.82) is 0 Å². The lowest BCUT2D eigenvalue weighted by atomic mass is 10.2. The normalized spacial score (nSPS) is 10.3. The number of rotatable bonds is 7. The fourth-order valence-electron chi connectivity index (χ4n) is 2.26. The fourth-order valence-corrected chi connectivity index (χ4v) is 2.26. The third kappa shape index (κ3) is 4.17. The van der Waals surface area contributed by atoms with Crippen LogP contribution in [-0.4, -0.2) is 41.6 Å². The second kappa shape index (κ2) is 8.21. The Hall–Kier alpha value is -3.56. The number of anilines is 1. The molecule has 1 heterocycles. The Morgan fingerprint density at radius 2 is 1.93 bits per heavy atom. The van der Waals surface area contributed by atoms with Gasteiger partial charge in [-0.05, 0) is 25.1 Å². The first-order valence-corrected chi connectivity index (χ1v) is 7.90. The minimum absolute atomic E-state index is 0.130. The quantitative estimate of drug-likeness (QED) is 0.511. The molecule has 1 aromatic carbocycles. The molecule has 27 heavy (non-hydrogen) atoms. The first-order valence-electron chi connectivity index (χ1n) is 7.90. The van der Waals surface area contributed by atoms with Crippen LogP contribution in [0.3, 0.4) is 0 Å². The van der Waals surface area contributed by atoms with Gasteiger partial charge in [-0.25, -0.2) is 9.59 Å². The number of Topliss-reactive ketones (excluding diaryl/α,β-unsaturated/α-hetero) is 1. The summed E-state index contributed by atoms with van der Waals surface area (Å²) in [6, 6.07) is 4.40. The maximum atomic E-state index is 12.2. The summed E-state index contributed by atoms with van der Waals surface area (Å²) < 4.78 is 16.4. The van der Waals surface area contributed by atoms with Crippen molar-refractivity contribution in [3.8, 4) is 11.5 Å². The van der Waals surface area contributed by atoms with Crippen LogP contribution in [-0.2, 0) is 11.8 Å². The number of nitrogens with zero attached hydrogens (tertiary/aromatic N) is 1. The first-order chi connectivity index (χ1) is 12.8. The topological polar surface area (TPSA) is 143 Å². The van der Waals surface area contributed by atoms with Crippen LogP contribution in [0.4, 0.5) is 5.82 Å². The summed E-state index contributed by atoms with van der Waals surface area (Å²) in [5.41, 5.74) is 3.62. The van der Waals surface area contributed by atoms with Crippen molar-refractivity contribution in [3.63, 3.8) is 0 Å². The van der Waals surface area contributed by atoms with Crippen LogP contribution < -0.4 is 26.5 Å². The second-order valence-corrected chi connectivity index (χ2v) is 5.38. The lowest BCUT2D eigenvalue weighted by Gasteiger charge is -2.11. The molecular formula is C17H19N3O7. The molecule has 144 valence electrons. The Kier molecular flexibility index (Phi) is 6.01. The van der Waals surface area contributed by atoms with E-state index in [0.29, 0.717) is 18.1 Å².